The third-order valence-electron chi connectivity index (χ3n) is 5.80. The van der Waals surface area contributed by atoms with Crippen LogP contribution in [-0.4, -0.2) is 37.4 Å². The van der Waals surface area contributed by atoms with Gasteiger partial charge < -0.3 is 18.6 Å². The van der Waals surface area contributed by atoms with Crippen molar-refractivity contribution in [2.75, 3.05) is 26.2 Å². The van der Waals surface area contributed by atoms with E-state index in [0.29, 0.717) is 39.4 Å². The molecule has 2 aromatic carbocycles. The van der Waals surface area contributed by atoms with E-state index in [2.05, 4.69) is 10.2 Å². The van der Waals surface area contributed by atoms with Gasteiger partial charge in [-0.25, -0.2) is 0 Å². The van der Waals surface area contributed by atoms with Crippen LogP contribution in [0.2, 0.25) is 5.02 Å². The standard InChI is InChI=1S/C24H20ClN3O6S/c1-5-17-26-27-24(35-17)28-19(11-8-15(31-2)21(33-4)16(9-11)32-3)18-20(29)13-10-12(25)6-7-14(13)34-22(18)23(28)30/h6-10,19H,5H2,1-4H3/t19-/m1/s1. The number of halogens is 1. The summed E-state index contributed by atoms with van der Waals surface area (Å²) in [6, 6.07) is 7.23. The Labute approximate surface area is 208 Å². The van der Waals surface area contributed by atoms with Gasteiger partial charge in [-0.15, -0.1) is 10.2 Å². The van der Waals surface area contributed by atoms with E-state index in [9.17, 15) is 9.59 Å². The lowest BCUT2D eigenvalue weighted by Gasteiger charge is -2.24. The Hall–Kier alpha value is -3.63. The summed E-state index contributed by atoms with van der Waals surface area (Å²) in [6.45, 7) is 1.95. The second-order valence-electron chi connectivity index (χ2n) is 7.68. The van der Waals surface area contributed by atoms with Crippen LogP contribution in [0.4, 0.5) is 5.13 Å². The molecule has 0 spiro atoms. The van der Waals surface area contributed by atoms with Crippen LogP contribution in [-0.2, 0) is 6.42 Å². The number of hydrogen-bond acceptors (Lipinski definition) is 9. The number of fused-ring (bicyclic) bond motifs is 2. The number of benzene rings is 2. The molecule has 0 unspecified atom stereocenters. The van der Waals surface area contributed by atoms with Crippen molar-refractivity contribution in [2.45, 2.75) is 19.4 Å². The van der Waals surface area contributed by atoms with Crippen LogP contribution < -0.4 is 24.5 Å². The molecule has 1 aliphatic heterocycles. The summed E-state index contributed by atoms with van der Waals surface area (Å²) < 4.78 is 22.5. The van der Waals surface area contributed by atoms with Crippen molar-refractivity contribution in [1.82, 2.24) is 10.2 Å². The molecule has 0 N–H and O–H groups in total. The van der Waals surface area contributed by atoms with Crippen LogP contribution in [0.15, 0.2) is 39.5 Å². The number of carbonyl (C=O) groups is 1. The van der Waals surface area contributed by atoms with E-state index in [0.717, 1.165) is 5.01 Å². The van der Waals surface area contributed by atoms with Crippen LogP contribution >= 0.6 is 22.9 Å². The van der Waals surface area contributed by atoms with Gasteiger partial charge in [0.15, 0.2) is 16.9 Å². The molecule has 180 valence electrons. The minimum Gasteiger partial charge on any atom is -0.493 e. The second-order valence-corrected chi connectivity index (χ2v) is 9.16. The van der Waals surface area contributed by atoms with E-state index < -0.39 is 11.9 Å². The number of aryl methyl sites for hydroxylation is 1. The molecule has 1 aliphatic rings. The fraction of sp³-hybridized carbons (Fsp3) is 0.250. The molecule has 5 rings (SSSR count). The molecule has 4 aromatic rings. The molecule has 1 atom stereocenters. The van der Waals surface area contributed by atoms with Crippen molar-refractivity contribution in [3.8, 4) is 17.2 Å². The molecule has 2 aromatic heterocycles. The number of amides is 1. The maximum Gasteiger partial charge on any atom is 0.297 e. The molecular formula is C24H20ClN3O6S. The summed E-state index contributed by atoms with van der Waals surface area (Å²) in [6.07, 6.45) is 0.654. The molecule has 3 heterocycles. The Morgan fingerprint density at radius 2 is 1.77 bits per heavy atom. The summed E-state index contributed by atoms with van der Waals surface area (Å²) in [4.78, 5) is 28.9. The zero-order valence-corrected chi connectivity index (χ0v) is 20.8. The summed E-state index contributed by atoms with van der Waals surface area (Å²) in [5.74, 6) is 0.588. The van der Waals surface area contributed by atoms with Gasteiger partial charge in [-0.2, -0.15) is 0 Å². The lowest BCUT2D eigenvalue weighted by atomic mass is 9.98. The van der Waals surface area contributed by atoms with Gasteiger partial charge in [0.2, 0.25) is 16.6 Å². The summed E-state index contributed by atoms with van der Waals surface area (Å²) in [7, 11) is 4.49. The fourth-order valence-electron chi connectivity index (χ4n) is 4.20. The van der Waals surface area contributed by atoms with Gasteiger partial charge >= 0.3 is 0 Å². The van der Waals surface area contributed by atoms with Crippen LogP contribution in [0.5, 0.6) is 17.2 Å². The highest BCUT2D eigenvalue weighted by molar-refractivity contribution is 7.15. The predicted octanol–water partition coefficient (Wildman–Crippen LogP) is 4.64. The van der Waals surface area contributed by atoms with E-state index in [1.807, 2.05) is 6.92 Å². The first-order valence-corrected chi connectivity index (χ1v) is 11.8. The van der Waals surface area contributed by atoms with Crippen LogP contribution in [0.25, 0.3) is 11.0 Å². The van der Waals surface area contributed by atoms with Crippen LogP contribution in [0.1, 0.15) is 39.7 Å². The highest BCUT2D eigenvalue weighted by Gasteiger charge is 2.45. The minimum atomic E-state index is -0.872. The monoisotopic (exact) mass is 513 g/mol. The van der Waals surface area contributed by atoms with Gasteiger partial charge in [0.25, 0.3) is 5.91 Å². The summed E-state index contributed by atoms with van der Waals surface area (Å²) in [5, 5.41) is 10.2. The van der Waals surface area contributed by atoms with Gasteiger partial charge in [0, 0.05) is 5.02 Å². The van der Waals surface area contributed by atoms with Crippen molar-refractivity contribution in [3.63, 3.8) is 0 Å². The number of anilines is 1. The SMILES string of the molecule is CCc1nnc(N2C(=O)c3oc4ccc(Cl)cc4c(=O)c3[C@H]2c2cc(OC)c(OC)c(OC)c2)s1. The molecule has 9 nitrogen and oxygen atoms in total. The molecule has 0 aliphatic carbocycles. The Morgan fingerprint density at radius 3 is 2.37 bits per heavy atom. The zero-order valence-electron chi connectivity index (χ0n) is 19.2. The summed E-state index contributed by atoms with van der Waals surface area (Å²) >= 11 is 7.43. The molecule has 35 heavy (non-hydrogen) atoms. The number of ether oxygens (including phenoxy) is 3. The number of nitrogens with zero attached hydrogens (tertiary/aromatic N) is 3. The third-order valence-corrected chi connectivity index (χ3v) is 7.10. The lowest BCUT2D eigenvalue weighted by molar-refractivity contribution is 0.0970. The van der Waals surface area contributed by atoms with E-state index in [1.165, 1.54) is 43.6 Å². The number of methoxy groups -OCH3 is 3. The maximum absolute atomic E-state index is 13.8. The van der Waals surface area contributed by atoms with E-state index in [1.54, 1.807) is 24.3 Å². The Bertz CT molecular complexity index is 1510. The van der Waals surface area contributed by atoms with Crippen molar-refractivity contribution in [2.24, 2.45) is 0 Å². The first-order valence-electron chi connectivity index (χ1n) is 10.6. The number of rotatable bonds is 6. The Balaban J connectivity index is 1.83. The zero-order chi connectivity index (χ0) is 24.9. The first kappa shape index (κ1) is 23.1. The molecule has 0 fully saturated rings. The van der Waals surface area contributed by atoms with E-state index in [4.69, 9.17) is 30.2 Å². The highest BCUT2D eigenvalue weighted by atomic mass is 35.5. The van der Waals surface area contributed by atoms with Gasteiger partial charge in [0.1, 0.15) is 10.6 Å². The lowest BCUT2D eigenvalue weighted by Crippen LogP contribution is -2.29. The van der Waals surface area contributed by atoms with Crippen LogP contribution in [0, 0.1) is 0 Å². The van der Waals surface area contributed by atoms with Crippen LogP contribution in [0.3, 0.4) is 0 Å². The Kier molecular flexibility index (Phi) is 5.86. The largest absolute Gasteiger partial charge is 0.493 e. The topological polar surface area (TPSA) is 104 Å². The van der Waals surface area contributed by atoms with Crippen molar-refractivity contribution >= 4 is 44.9 Å². The maximum atomic E-state index is 13.8. The third kappa shape index (κ3) is 3.60. The van der Waals surface area contributed by atoms with Crippen molar-refractivity contribution < 1.29 is 23.4 Å². The van der Waals surface area contributed by atoms with E-state index in [-0.39, 0.29) is 27.7 Å². The predicted molar refractivity (Wildman–Crippen MR) is 132 cm³/mol. The average molecular weight is 514 g/mol. The molecule has 0 bridgehead atoms. The fourth-order valence-corrected chi connectivity index (χ4v) is 5.18. The molecular weight excluding hydrogens is 494 g/mol. The van der Waals surface area contributed by atoms with Gasteiger partial charge in [-0.3, -0.25) is 14.5 Å². The molecule has 0 saturated carbocycles. The van der Waals surface area contributed by atoms with Crippen molar-refractivity contribution in [3.05, 3.63) is 67.5 Å². The molecule has 11 heteroatoms. The first-order chi connectivity index (χ1) is 16.9. The number of hydrogen-bond donors (Lipinski definition) is 0. The van der Waals surface area contributed by atoms with Gasteiger partial charge in [-0.1, -0.05) is 29.9 Å². The number of carbonyl (C=O) groups excluding carboxylic acids is 1. The normalized spacial score (nSPS) is 14.9. The molecule has 0 radical (unpaired) electrons. The Morgan fingerprint density at radius 1 is 1.06 bits per heavy atom. The van der Waals surface area contributed by atoms with Gasteiger partial charge in [0.05, 0.1) is 38.3 Å². The number of aromatic nitrogens is 2. The average Bonchev–Trinajstić information content (AvgIpc) is 3.46. The minimum absolute atomic E-state index is 0.0585. The smallest absolute Gasteiger partial charge is 0.297 e. The van der Waals surface area contributed by atoms with Gasteiger partial charge in [-0.05, 0) is 42.3 Å². The van der Waals surface area contributed by atoms with Crippen molar-refractivity contribution in [1.29, 1.82) is 0 Å². The van der Waals surface area contributed by atoms with E-state index >= 15 is 0 Å². The molecule has 1 amide bonds. The molecule has 0 saturated heterocycles. The highest BCUT2D eigenvalue weighted by Crippen LogP contribution is 2.46. The summed E-state index contributed by atoms with van der Waals surface area (Å²) in [5.41, 5.74) is 0.628. The quantitative estimate of drug-likeness (QED) is 0.367. The second kappa shape index (κ2) is 8.86.